The fourth-order valence-corrected chi connectivity index (χ4v) is 4.02. The molecule has 1 aromatic carbocycles. The van der Waals surface area contributed by atoms with E-state index in [4.69, 9.17) is 4.74 Å². The minimum atomic E-state index is -0.0949. The number of hydrogen-bond acceptors (Lipinski definition) is 4. The van der Waals surface area contributed by atoms with Crippen LogP contribution in [0.5, 0.6) is 0 Å². The predicted octanol–water partition coefficient (Wildman–Crippen LogP) is 2.76. The van der Waals surface area contributed by atoms with E-state index in [9.17, 15) is 4.79 Å². The Kier molecular flexibility index (Phi) is 6.33. The average Bonchev–Trinajstić information content (AvgIpc) is 2.64. The number of carbonyl (C=O) groups is 1. The number of morpholine rings is 1. The molecule has 0 spiro atoms. The molecule has 0 bridgehead atoms. The standard InChI is InChI=1S/C21H33N3O2/c1-17-6-4-5-7-19(17)22-20(25)18(2)24-10-8-21(3,9-11-24)16-23-12-14-26-15-13-23/h4-7,18H,8-16H2,1-3H3,(H,22,25)/t18-/m1/s1. The van der Waals surface area contributed by atoms with Crippen LogP contribution < -0.4 is 5.32 Å². The van der Waals surface area contributed by atoms with E-state index in [1.54, 1.807) is 0 Å². The van der Waals surface area contributed by atoms with Crippen LogP contribution in [0.2, 0.25) is 0 Å². The van der Waals surface area contributed by atoms with Crippen LogP contribution in [0.25, 0.3) is 0 Å². The lowest BCUT2D eigenvalue weighted by Gasteiger charge is -2.44. The Balaban J connectivity index is 1.50. The van der Waals surface area contributed by atoms with Gasteiger partial charge in [0.25, 0.3) is 0 Å². The van der Waals surface area contributed by atoms with Gasteiger partial charge in [-0.1, -0.05) is 25.1 Å². The molecule has 1 aromatic rings. The second kappa shape index (κ2) is 8.51. The van der Waals surface area contributed by atoms with Crippen LogP contribution in [-0.2, 0) is 9.53 Å². The largest absolute Gasteiger partial charge is 0.379 e. The monoisotopic (exact) mass is 359 g/mol. The maximum atomic E-state index is 12.7. The van der Waals surface area contributed by atoms with E-state index < -0.39 is 0 Å². The lowest BCUT2D eigenvalue weighted by molar-refractivity contribution is -0.121. The zero-order valence-corrected chi connectivity index (χ0v) is 16.5. The van der Waals surface area contributed by atoms with Gasteiger partial charge in [-0.2, -0.15) is 0 Å². The van der Waals surface area contributed by atoms with Gasteiger partial charge in [-0.25, -0.2) is 0 Å². The number of likely N-dealkylation sites (tertiary alicyclic amines) is 1. The third kappa shape index (κ3) is 4.84. The highest BCUT2D eigenvalue weighted by atomic mass is 16.5. The molecule has 2 aliphatic rings. The number of amides is 1. The van der Waals surface area contributed by atoms with Gasteiger partial charge in [-0.05, 0) is 56.8 Å². The molecule has 0 aliphatic carbocycles. The lowest BCUT2D eigenvalue weighted by atomic mass is 9.79. The van der Waals surface area contributed by atoms with Gasteiger partial charge in [0.05, 0.1) is 19.3 Å². The normalized spacial score (nSPS) is 22.7. The highest BCUT2D eigenvalue weighted by Crippen LogP contribution is 2.33. The highest BCUT2D eigenvalue weighted by Gasteiger charge is 2.35. The van der Waals surface area contributed by atoms with Crippen LogP contribution in [0, 0.1) is 12.3 Å². The van der Waals surface area contributed by atoms with E-state index in [-0.39, 0.29) is 11.9 Å². The summed E-state index contributed by atoms with van der Waals surface area (Å²) in [6, 6.07) is 7.86. The molecular formula is C21H33N3O2. The maximum Gasteiger partial charge on any atom is 0.241 e. The Bertz CT molecular complexity index is 605. The smallest absolute Gasteiger partial charge is 0.241 e. The molecule has 0 aromatic heterocycles. The summed E-state index contributed by atoms with van der Waals surface area (Å²) >= 11 is 0. The average molecular weight is 360 g/mol. The number of benzene rings is 1. The summed E-state index contributed by atoms with van der Waals surface area (Å²) < 4.78 is 5.46. The minimum absolute atomic E-state index is 0.0936. The van der Waals surface area contributed by atoms with Crippen molar-refractivity contribution in [3.05, 3.63) is 29.8 Å². The van der Waals surface area contributed by atoms with Crippen LogP contribution in [0.1, 0.15) is 32.3 Å². The minimum Gasteiger partial charge on any atom is -0.379 e. The van der Waals surface area contributed by atoms with Crippen LogP contribution >= 0.6 is 0 Å². The molecular weight excluding hydrogens is 326 g/mol. The zero-order chi connectivity index (χ0) is 18.6. The van der Waals surface area contributed by atoms with E-state index in [1.807, 2.05) is 38.1 Å². The summed E-state index contributed by atoms with van der Waals surface area (Å²) in [5.74, 6) is 0.0936. The van der Waals surface area contributed by atoms with Gasteiger partial charge in [-0.3, -0.25) is 14.6 Å². The molecule has 1 atom stereocenters. The Morgan fingerprint density at radius 2 is 1.85 bits per heavy atom. The van der Waals surface area contributed by atoms with E-state index in [0.717, 1.165) is 70.0 Å². The molecule has 1 amide bonds. The SMILES string of the molecule is Cc1ccccc1NC(=O)[C@@H](C)N1CCC(C)(CN2CCOCC2)CC1. The number of anilines is 1. The van der Waals surface area contributed by atoms with Crippen molar-refractivity contribution in [1.29, 1.82) is 0 Å². The number of aryl methyl sites for hydroxylation is 1. The van der Waals surface area contributed by atoms with Crippen molar-refractivity contribution in [2.24, 2.45) is 5.41 Å². The van der Waals surface area contributed by atoms with Crippen molar-refractivity contribution < 1.29 is 9.53 Å². The summed E-state index contributed by atoms with van der Waals surface area (Å²) in [6.45, 7) is 13.4. The van der Waals surface area contributed by atoms with Gasteiger partial charge >= 0.3 is 0 Å². The van der Waals surface area contributed by atoms with E-state index in [0.29, 0.717) is 5.41 Å². The zero-order valence-electron chi connectivity index (χ0n) is 16.5. The lowest BCUT2D eigenvalue weighted by Crippen LogP contribution is -2.51. The Labute approximate surface area is 157 Å². The van der Waals surface area contributed by atoms with Crippen molar-refractivity contribution in [3.63, 3.8) is 0 Å². The van der Waals surface area contributed by atoms with Gasteiger partial charge in [-0.15, -0.1) is 0 Å². The summed E-state index contributed by atoms with van der Waals surface area (Å²) in [4.78, 5) is 17.5. The number of rotatable bonds is 5. The quantitative estimate of drug-likeness (QED) is 0.878. The molecule has 2 fully saturated rings. The molecule has 26 heavy (non-hydrogen) atoms. The number of ether oxygens (including phenoxy) is 1. The van der Waals surface area contributed by atoms with Crippen molar-refractivity contribution in [2.75, 3.05) is 51.3 Å². The van der Waals surface area contributed by atoms with Crippen LogP contribution in [0.15, 0.2) is 24.3 Å². The number of nitrogens with zero attached hydrogens (tertiary/aromatic N) is 2. The second-order valence-corrected chi connectivity index (χ2v) is 8.22. The Hall–Kier alpha value is -1.43. The summed E-state index contributed by atoms with van der Waals surface area (Å²) in [6.07, 6.45) is 2.29. The number of hydrogen-bond donors (Lipinski definition) is 1. The first-order valence-corrected chi connectivity index (χ1v) is 9.87. The molecule has 5 nitrogen and oxygen atoms in total. The predicted molar refractivity (Wildman–Crippen MR) is 105 cm³/mol. The molecule has 2 aliphatic heterocycles. The molecule has 0 unspecified atom stereocenters. The number of para-hydroxylation sites is 1. The fourth-order valence-electron chi connectivity index (χ4n) is 4.02. The first kappa shape index (κ1) is 19.3. The topological polar surface area (TPSA) is 44.8 Å². The number of nitrogens with one attached hydrogen (secondary N) is 1. The first-order chi connectivity index (χ1) is 12.5. The molecule has 2 saturated heterocycles. The molecule has 5 heteroatoms. The maximum absolute atomic E-state index is 12.7. The van der Waals surface area contributed by atoms with Crippen LogP contribution in [-0.4, -0.2) is 67.7 Å². The fraction of sp³-hybridized carbons (Fsp3) is 0.667. The van der Waals surface area contributed by atoms with Crippen LogP contribution in [0.3, 0.4) is 0 Å². The van der Waals surface area contributed by atoms with Gasteiger partial charge in [0, 0.05) is 25.3 Å². The van der Waals surface area contributed by atoms with Crippen LogP contribution in [0.4, 0.5) is 5.69 Å². The molecule has 0 saturated carbocycles. The van der Waals surface area contributed by atoms with E-state index in [1.165, 1.54) is 0 Å². The van der Waals surface area contributed by atoms with Gasteiger partial charge < -0.3 is 10.1 Å². The van der Waals surface area contributed by atoms with E-state index in [2.05, 4.69) is 22.0 Å². The Morgan fingerprint density at radius 3 is 2.50 bits per heavy atom. The van der Waals surface area contributed by atoms with E-state index >= 15 is 0 Å². The summed E-state index contributed by atoms with van der Waals surface area (Å²) in [5, 5.41) is 3.09. The third-order valence-corrected chi connectivity index (χ3v) is 6.04. The molecule has 0 radical (unpaired) electrons. The molecule has 144 valence electrons. The van der Waals surface area contributed by atoms with Crippen molar-refractivity contribution in [1.82, 2.24) is 9.80 Å². The van der Waals surface area contributed by atoms with Gasteiger partial charge in [0.2, 0.25) is 5.91 Å². The molecule has 1 N–H and O–H groups in total. The van der Waals surface area contributed by atoms with Gasteiger partial charge in [0.1, 0.15) is 0 Å². The molecule has 2 heterocycles. The Morgan fingerprint density at radius 1 is 1.19 bits per heavy atom. The van der Waals surface area contributed by atoms with Crippen molar-refractivity contribution >= 4 is 11.6 Å². The number of piperidine rings is 1. The first-order valence-electron chi connectivity index (χ1n) is 9.87. The second-order valence-electron chi connectivity index (χ2n) is 8.22. The molecule has 3 rings (SSSR count). The summed E-state index contributed by atoms with van der Waals surface area (Å²) in [7, 11) is 0. The van der Waals surface area contributed by atoms with Crippen molar-refractivity contribution in [3.8, 4) is 0 Å². The van der Waals surface area contributed by atoms with Gasteiger partial charge in [0.15, 0.2) is 0 Å². The summed E-state index contributed by atoms with van der Waals surface area (Å²) in [5.41, 5.74) is 2.36. The third-order valence-electron chi connectivity index (χ3n) is 6.04. The number of carbonyl (C=O) groups excluding carboxylic acids is 1. The van der Waals surface area contributed by atoms with Crippen molar-refractivity contribution in [2.45, 2.75) is 39.7 Å². The highest BCUT2D eigenvalue weighted by molar-refractivity contribution is 5.95.